The van der Waals surface area contributed by atoms with Gasteiger partial charge < -0.3 is 5.32 Å². The number of hydrogen-bond donors (Lipinski definition) is 1. The van der Waals surface area contributed by atoms with Crippen molar-refractivity contribution in [1.29, 1.82) is 0 Å². The van der Waals surface area contributed by atoms with Gasteiger partial charge in [0.15, 0.2) is 0 Å². The summed E-state index contributed by atoms with van der Waals surface area (Å²) in [4.78, 5) is 40.6. The van der Waals surface area contributed by atoms with Crippen LogP contribution in [0, 0.1) is 5.92 Å². The van der Waals surface area contributed by atoms with Crippen molar-refractivity contribution in [1.82, 2.24) is 4.90 Å². The van der Waals surface area contributed by atoms with E-state index in [4.69, 9.17) is 0 Å². The number of carbonyl (C=O) groups excluding carboxylic acids is 3. The minimum atomic E-state index is -0.321. The first-order valence-electron chi connectivity index (χ1n) is 10.0. The SMILES string of the molecule is CC(=O)Nc1ccc(N2C(=O)C[C@H](N3CCC[C@H]4CCCC[C@@H]43)C2=O)cc1. The maximum atomic E-state index is 13.1. The van der Waals surface area contributed by atoms with Gasteiger partial charge in [0.25, 0.3) is 5.91 Å². The molecule has 2 saturated heterocycles. The highest BCUT2D eigenvalue weighted by Crippen LogP contribution is 2.38. The Morgan fingerprint density at radius 3 is 2.48 bits per heavy atom. The second kappa shape index (κ2) is 7.43. The summed E-state index contributed by atoms with van der Waals surface area (Å²) in [6.45, 7) is 2.36. The van der Waals surface area contributed by atoms with Crippen LogP contribution in [0.5, 0.6) is 0 Å². The third-order valence-corrected chi connectivity index (χ3v) is 6.26. The largest absolute Gasteiger partial charge is 0.326 e. The third kappa shape index (κ3) is 3.50. The lowest BCUT2D eigenvalue weighted by molar-refractivity contribution is -0.124. The van der Waals surface area contributed by atoms with Gasteiger partial charge in [0.2, 0.25) is 11.8 Å². The molecule has 6 nitrogen and oxygen atoms in total. The highest BCUT2D eigenvalue weighted by molar-refractivity contribution is 6.22. The van der Waals surface area contributed by atoms with E-state index in [1.165, 1.54) is 37.5 Å². The molecule has 0 unspecified atom stereocenters. The highest BCUT2D eigenvalue weighted by atomic mass is 16.2. The van der Waals surface area contributed by atoms with E-state index in [1.54, 1.807) is 24.3 Å². The molecule has 0 aromatic heterocycles. The normalized spacial score (nSPS) is 28.9. The number of anilines is 2. The Labute approximate surface area is 159 Å². The highest BCUT2D eigenvalue weighted by Gasteiger charge is 2.47. The molecule has 3 atom stereocenters. The Morgan fingerprint density at radius 1 is 1.04 bits per heavy atom. The van der Waals surface area contributed by atoms with Crippen molar-refractivity contribution in [2.75, 3.05) is 16.8 Å². The third-order valence-electron chi connectivity index (χ3n) is 6.26. The summed E-state index contributed by atoms with van der Waals surface area (Å²) in [5, 5.41) is 2.70. The number of imide groups is 1. The molecule has 1 aliphatic carbocycles. The zero-order valence-electron chi connectivity index (χ0n) is 15.8. The van der Waals surface area contributed by atoms with Crippen LogP contribution in [0.2, 0.25) is 0 Å². The lowest BCUT2D eigenvalue weighted by atomic mass is 9.77. The molecule has 1 N–H and O–H groups in total. The molecule has 3 aliphatic rings. The van der Waals surface area contributed by atoms with E-state index in [0.29, 0.717) is 23.3 Å². The number of piperidine rings is 1. The van der Waals surface area contributed by atoms with Gasteiger partial charge in [-0.2, -0.15) is 0 Å². The molecule has 144 valence electrons. The van der Waals surface area contributed by atoms with Crippen LogP contribution in [0.1, 0.15) is 51.9 Å². The number of benzene rings is 1. The van der Waals surface area contributed by atoms with Crippen molar-refractivity contribution < 1.29 is 14.4 Å². The number of nitrogens with one attached hydrogen (secondary N) is 1. The van der Waals surface area contributed by atoms with Gasteiger partial charge >= 0.3 is 0 Å². The summed E-state index contributed by atoms with van der Waals surface area (Å²) in [7, 11) is 0. The summed E-state index contributed by atoms with van der Waals surface area (Å²) in [6, 6.07) is 7.03. The lowest BCUT2D eigenvalue weighted by Crippen LogP contribution is -2.54. The molecule has 6 heteroatoms. The Balaban J connectivity index is 1.52. The van der Waals surface area contributed by atoms with Crippen molar-refractivity contribution in [3.05, 3.63) is 24.3 Å². The second-order valence-electron chi connectivity index (χ2n) is 8.01. The summed E-state index contributed by atoms with van der Waals surface area (Å²) in [5.41, 5.74) is 1.24. The Kier molecular flexibility index (Phi) is 5.00. The van der Waals surface area contributed by atoms with E-state index in [0.717, 1.165) is 19.4 Å². The van der Waals surface area contributed by atoms with Crippen LogP contribution >= 0.6 is 0 Å². The molecule has 1 aromatic rings. The molecule has 1 aromatic carbocycles. The van der Waals surface area contributed by atoms with E-state index in [1.807, 2.05) is 0 Å². The van der Waals surface area contributed by atoms with Gasteiger partial charge in [-0.3, -0.25) is 19.3 Å². The monoisotopic (exact) mass is 369 g/mol. The van der Waals surface area contributed by atoms with Gasteiger partial charge in [-0.25, -0.2) is 4.90 Å². The van der Waals surface area contributed by atoms with Gasteiger partial charge in [-0.15, -0.1) is 0 Å². The van der Waals surface area contributed by atoms with Crippen molar-refractivity contribution in [2.45, 2.75) is 64.0 Å². The van der Waals surface area contributed by atoms with Crippen LogP contribution in [0.3, 0.4) is 0 Å². The smallest absolute Gasteiger partial charge is 0.251 e. The number of likely N-dealkylation sites (tertiary alicyclic amines) is 1. The predicted octanol–water partition coefficient (Wildman–Crippen LogP) is 2.93. The average molecular weight is 369 g/mol. The van der Waals surface area contributed by atoms with E-state index in [-0.39, 0.29) is 30.2 Å². The standard InChI is InChI=1S/C21H27N3O3/c1-14(25)22-16-8-10-17(11-9-16)24-20(26)13-19(21(24)27)23-12-4-6-15-5-2-3-7-18(15)23/h8-11,15,18-19H,2-7,12-13H2,1H3,(H,22,25)/t15-,18+,19+/m1/s1. The summed E-state index contributed by atoms with van der Waals surface area (Å²) >= 11 is 0. The molecule has 2 aliphatic heterocycles. The molecule has 3 amide bonds. The number of amides is 3. The van der Waals surface area contributed by atoms with Crippen molar-refractivity contribution >= 4 is 29.1 Å². The Hall–Kier alpha value is -2.21. The number of fused-ring (bicyclic) bond motifs is 1. The maximum absolute atomic E-state index is 13.1. The molecular weight excluding hydrogens is 342 g/mol. The molecule has 0 bridgehead atoms. The molecule has 4 rings (SSSR count). The molecule has 27 heavy (non-hydrogen) atoms. The molecule has 0 spiro atoms. The lowest BCUT2D eigenvalue weighted by Gasteiger charge is -2.46. The zero-order valence-corrected chi connectivity index (χ0v) is 15.8. The van der Waals surface area contributed by atoms with Crippen LogP contribution in [-0.4, -0.2) is 41.2 Å². The van der Waals surface area contributed by atoms with Crippen LogP contribution in [0.4, 0.5) is 11.4 Å². The fourth-order valence-corrected chi connectivity index (χ4v) is 5.09. The minimum Gasteiger partial charge on any atom is -0.326 e. The van der Waals surface area contributed by atoms with Crippen LogP contribution < -0.4 is 10.2 Å². The molecule has 0 radical (unpaired) electrons. The fourth-order valence-electron chi connectivity index (χ4n) is 5.09. The first-order chi connectivity index (χ1) is 13.0. The van der Waals surface area contributed by atoms with E-state index >= 15 is 0 Å². The first-order valence-corrected chi connectivity index (χ1v) is 10.0. The Morgan fingerprint density at radius 2 is 1.74 bits per heavy atom. The van der Waals surface area contributed by atoms with E-state index in [2.05, 4.69) is 10.2 Å². The Bertz CT molecular complexity index is 744. The van der Waals surface area contributed by atoms with E-state index in [9.17, 15) is 14.4 Å². The van der Waals surface area contributed by atoms with Crippen molar-refractivity contribution in [3.63, 3.8) is 0 Å². The zero-order chi connectivity index (χ0) is 19.0. The van der Waals surface area contributed by atoms with Gasteiger partial charge in [0, 0.05) is 18.7 Å². The van der Waals surface area contributed by atoms with Crippen LogP contribution in [-0.2, 0) is 14.4 Å². The summed E-state index contributed by atoms with van der Waals surface area (Å²) in [6.07, 6.45) is 7.56. The van der Waals surface area contributed by atoms with Gasteiger partial charge in [0.1, 0.15) is 0 Å². The topological polar surface area (TPSA) is 69.7 Å². The maximum Gasteiger partial charge on any atom is 0.251 e. The predicted molar refractivity (Wildman–Crippen MR) is 103 cm³/mol. The van der Waals surface area contributed by atoms with Crippen molar-refractivity contribution in [2.24, 2.45) is 5.92 Å². The number of carbonyl (C=O) groups is 3. The first kappa shape index (κ1) is 18.2. The van der Waals surface area contributed by atoms with Gasteiger partial charge in [0.05, 0.1) is 18.2 Å². The van der Waals surface area contributed by atoms with Crippen molar-refractivity contribution in [3.8, 4) is 0 Å². The van der Waals surface area contributed by atoms with Crippen LogP contribution in [0.15, 0.2) is 24.3 Å². The molecule has 1 saturated carbocycles. The van der Waals surface area contributed by atoms with Crippen LogP contribution in [0.25, 0.3) is 0 Å². The van der Waals surface area contributed by atoms with Gasteiger partial charge in [-0.05, 0) is 62.4 Å². The second-order valence-corrected chi connectivity index (χ2v) is 8.01. The van der Waals surface area contributed by atoms with Gasteiger partial charge in [-0.1, -0.05) is 12.8 Å². The quantitative estimate of drug-likeness (QED) is 0.832. The fraction of sp³-hybridized carbons (Fsp3) is 0.571. The minimum absolute atomic E-state index is 0.0986. The summed E-state index contributed by atoms with van der Waals surface area (Å²) in [5.74, 6) is 0.304. The molecule has 3 fully saturated rings. The molecular formula is C21H27N3O3. The number of rotatable bonds is 3. The number of nitrogens with zero attached hydrogens (tertiary/aromatic N) is 2. The number of hydrogen-bond acceptors (Lipinski definition) is 4. The average Bonchev–Trinajstić information content (AvgIpc) is 2.96. The summed E-state index contributed by atoms with van der Waals surface area (Å²) < 4.78 is 0. The molecule has 2 heterocycles. The van der Waals surface area contributed by atoms with E-state index < -0.39 is 0 Å².